The molecule has 0 atom stereocenters. The number of ether oxygens (including phenoxy) is 2. The highest BCUT2D eigenvalue weighted by Gasteiger charge is 2.43. The Morgan fingerprint density at radius 2 is 2.06 bits per heavy atom. The molecule has 1 saturated carbocycles. The highest BCUT2D eigenvalue weighted by Crippen LogP contribution is 2.50. The Hall–Kier alpha value is -1.51. The molecule has 3 rings (SSSR count). The second-order valence-electron chi connectivity index (χ2n) is 5.00. The fourth-order valence-corrected chi connectivity index (χ4v) is 3.18. The first-order valence-electron chi connectivity index (χ1n) is 6.13. The van der Waals surface area contributed by atoms with Gasteiger partial charge in [0.25, 0.3) is 0 Å². The minimum Gasteiger partial charge on any atom is -0.497 e. The van der Waals surface area contributed by atoms with Crippen molar-refractivity contribution in [2.45, 2.75) is 37.5 Å². The molecule has 17 heavy (non-hydrogen) atoms. The smallest absolute Gasteiger partial charge is 0.312 e. The zero-order chi connectivity index (χ0) is 11.9. The van der Waals surface area contributed by atoms with Gasteiger partial charge in [0, 0.05) is 17.0 Å². The Balaban J connectivity index is 2.10. The van der Waals surface area contributed by atoms with Gasteiger partial charge in [0.15, 0.2) is 0 Å². The van der Waals surface area contributed by atoms with E-state index in [-0.39, 0.29) is 11.4 Å². The Bertz CT molecular complexity index is 459. The van der Waals surface area contributed by atoms with E-state index in [9.17, 15) is 4.79 Å². The van der Waals surface area contributed by atoms with Crippen molar-refractivity contribution in [3.05, 3.63) is 23.8 Å². The normalized spacial score (nSPS) is 21.1. The van der Waals surface area contributed by atoms with Crippen LogP contribution in [0.1, 0.15) is 37.7 Å². The van der Waals surface area contributed by atoms with Crippen LogP contribution in [0.15, 0.2) is 18.2 Å². The maximum atomic E-state index is 11.7. The molecule has 2 aliphatic rings. The van der Waals surface area contributed by atoms with Crippen molar-refractivity contribution in [2.75, 3.05) is 7.11 Å². The molecule has 1 fully saturated rings. The average Bonchev–Trinajstić information content (AvgIpc) is 2.77. The molecule has 90 valence electrons. The minimum absolute atomic E-state index is 0.0386. The highest BCUT2D eigenvalue weighted by atomic mass is 16.5. The molecule has 1 heterocycles. The first-order chi connectivity index (χ1) is 8.23. The first kappa shape index (κ1) is 10.6. The summed E-state index contributed by atoms with van der Waals surface area (Å²) in [5.74, 6) is 1.33. The lowest BCUT2D eigenvalue weighted by Gasteiger charge is -2.34. The summed E-state index contributed by atoms with van der Waals surface area (Å²) < 4.78 is 10.5. The molecular weight excluding hydrogens is 216 g/mol. The maximum absolute atomic E-state index is 11.7. The van der Waals surface area contributed by atoms with E-state index in [4.69, 9.17) is 9.47 Å². The summed E-state index contributed by atoms with van der Waals surface area (Å²) in [4.78, 5) is 11.7. The highest BCUT2D eigenvalue weighted by molar-refractivity contribution is 5.78. The van der Waals surface area contributed by atoms with Gasteiger partial charge in [-0.05, 0) is 18.9 Å². The molecule has 0 bridgehead atoms. The molecule has 1 aromatic carbocycles. The molecule has 1 aliphatic heterocycles. The Labute approximate surface area is 101 Å². The van der Waals surface area contributed by atoms with Crippen LogP contribution in [-0.4, -0.2) is 13.1 Å². The van der Waals surface area contributed by atoms with Gasteiger partial charge in [-0.15, -0.1) is 0 Å². The van der Waals surface area contributed by atoms with E-state index in [0.29, 0.717) is 12.2 Å². The third-order valence-electron chi connectivity index (χ3n) is 4.03. The number of hydrogen-bond donors (Lipinski definition) is 0. The number of carbonyl (C=O) groups is 1. The maximum Gasteiger partial charge on any atom is 0.312 e. The number of esters is 1. The Morgan fingerprint density at radius 3 is 2.76 bits per heavy atom. The Morgan fingerprint density at radius 1 is 1.29 bits per heavy atom. The van der Waals surface area contributed by atoms with E-state index < -0.39 is 0 Å². The minimum atomic E-state index is -0.104. The van der Waals surface area contributed by atoms with Gasteiger partial charge in [-0.1, -0.05) is 18.9 Å². The summed E-state index contributed by atoms with van der Waals surface area (Å²) in [6.07, 6.45) is 5.15. The van der Waals surface area contributed by atoms with Crippen molar-refractivity contribution in [1.82, 2.24) is 0 Å². The quantitative estimate of drug-likeness (QED) is 0.551. The third-order valence-corrected chi connectivity index (χ3v) is 4.03. The van der Waals surface area contributed by atoms with E-state index in [1.807, 2.05) is 12.1 Å². The second-order valence-corrected chi connectivity index (χ2v) is 5.00. The van der Waals surface area contributed by atoms with Gasteiger partial charge in [0.05, 0.1) is 13.5 Å². The van der Waals surface area contributed by atoms with Crippen LogP contribution < -0.4 is 9.47 Å². The van der Waals surface area contributed by atoms with Gasteiger partial charge in [-0.2, -0.15) is 0 Å². The second kappa shape index (κ2) is 3.76. The lowest BCUT2D eigenvalue weighted by Crippen LogP contribution is -2.33. The van der Waals surface area contributed by atoms with Crippen molar-refractivity contribution in [3.63, 3.8) is 0 Å². The fourth-order valence-electron chi connectivity index (χ4n) is 3.18. The van der Waals surface area contributed by atoms with Crippen LogP contribution in [0, 0.1) is 0 Å². The summed E-state index contributed by atoms with van der Waals surface area (Å²) in [6.45, 7) is 0. The molecule has 3 nitrogen and oxygen atoms in total. The van der Waals surface area contributed by atoms with Gasteiger partial charge in [-0.25, -0.2) is 0 Å². The van der Waals surface area contributed by atoms with Crippen molar-refractivity contribution in [3.8, 4) is 11.5 Å². The van der Waals surface area contributed by atoms with E-state index in [1.54, 1.807) is 7.11 Å². The first-order valence-corrected chi connectivity index (χ1v) is 6.13. The predicted molar refractivity (Wildman–Crippen MR) is 63.4 cm³/mol. The molecule has 1 spiro atoms. The molecule has 1 aliphatic carbocycles. The molecule has 0 amide bonds. The lowest BCUT2D eigenvalue weighted by atomic mass is 9.74. The molecular formula is C14H16O3. The summed E-state index contributed by atoms with van der Waals surface area (Å²) >= 11 is 0. The molecule has 0 unspecified atom stereocenters. The average molecular weight is 232 g/mol. The van der Waals surface area contributed by atoms with Crippen LogP contribution >= 0.6 is 0 Å². The van der Waals surface area contributed by atoms with Crippen LogP contribution in [0.4, 0.5) is 0 Å². The lowest BCUT2D eigenvalue weighted by molar-refractivity contribution is -0.137. The van der Waals surface area contributed by atoms with E-state index in [0.717, 1.165) is 18.6 Å². The molecule has 0 radical (unpaired) electrons. The number of methoxy groups -OCH3 is 1. The molecule has 0 saturated heterocycles. The number of benzene rings is 1. The van der Waals surface area contributed by atoms with E-state index in [2.05, 4.69) is 6.07 Å². The van der Waals surface area contributed by atoms with Gasteiger partial charge in [0.1, 0.15) is 11.5 Å². The van der Waals surface area contributed by atoms with Gasteiger partial charge < -0.3 is 9.47 Å². The Kier molecular flexibility index (Phi) is 2.35. The molecule has 0 aromatic heterocycles. The van der Waals surface area contributed by atoms with Crippen molar-refractivity contribution in [2.24, 2.45) is 0 Å². The van der Waals surface area contributed by atoms with E-state index in [1.165, 1.54) is 18.4 Å². The summed E-state index contributed by atoms with van der Waals surface area (Å²) in [5, 5.41) is 0. The largest absolute Gasteiger partial charge is 0.497 e. The molecule has 0 N–H and O–H groups in total. The molecule has 3 heteroatoms. The van der Waals surface area contributed by atoms with Crippen LogP contribution in [0.25, 0.3) is 0 Å². The van der Waals surface area contributed by atoms with Crippen LogP contribution in [0.3, 0.4) is 0 Å². The standard InChI is InChI=1S/C14H16O3/c1-16-10-4-5-11-12(8-10)17-13(15)9-14(11)6-2-3-7-14/h4-5,8H,2-3,6-7,9H2,1H3. The zero-order valence-electron chi connectivity index (χ0n) is 9.99. The van der Waals surface area contributed by atoms with Crippen molar-refractivity contribution < 1.29 is 14.3 Å². The number of hydrogen-bond acceptors (Lipinski definition) is 3. The SMILES string of the molecule is COc1ccc2c(c1)OC(=O)CC21CCCC1. The third kappa shape index (κ3) is 1.61. The van der Waals surface area contributed by atoms with Gasteiger partial charge >= 0.3 is 5.97 Å². The topological polar surface area (TPSA) is 35.5 Å². The summed E-state index contributed by atoms with van der Waals surface area (Å²) in [6, 6.07) is 5.84. The number of rotatable bonds is 1. The number of carbonyl (C=O) groups excluding carboxylic acids is 1. The number of fused-ring (bicyclic) bond motifs is 2. The van der Waals surface area contributed by atoms with Crippen LogP contribution in [-0.2, 0) is 10.2 Å². The predicted octanol–water partition coefficient (Wildman–Crippen LogP) is 2.82. The summed E-state index contributed by atoms with van der Waals surface area (Å²) in [5.41, 5.74) is 1.23. The summed E-state index contributed by atoms with van der Waals surface area (Å²) in [7, 11) is 1.62. The van der Waals surface area contributed by atoms with Crippen LogP contribution in [0.2, 0.25) is 0 Å². The van der Waals surface area contributed by atoms with Crippen molar-refractivity contribution in [1.29, 1.82) is 0 Å². The van der Waals surface area contributed by atoms with E-state index >= 15 is 0 Å². The zero-order valence-corrected chi connectivity index (χ0v) is 9.99. The molecule has 1 aromatic rings. The van der Waals surface area contributed by atoms with Crippen LogP contribution in [0.5, 0.6) is 11.5 Å². The fraction of sp³-hybridized carbons (Fsp3) is 0.500. The van der Waals surface area contributed by atoms with Crippen molar-refractivity contribution >= 4 is 5.97 Å². The van der Waals surface area contributed by atoms with Gasteiger partial charge in [0.2, 0.25) is 0 Å². The monoisotopic (exact) mass is 232 g/mol. The van der Waals surface area contributed by atoms with Gasteiger partial charge in [-0.3, -0.25) is 4.79 Å².